The van der Waals surface area contributed by atoms with Gasteiger partial charge in [-0.1, -0.05) is 0 Å². The Kier molecular flexibility index (Phi) is 4.98. The normalized spacial score (nSPS) is 10.0. The van der Waals surface area contributed by atoms with Crippen LogP contribution in [-0.4, -0.2) is 18.4 Å². The quantitative estimate of drug-likeness (QED) is 0.426. The second-order valence-electron chi connectivity index (χ2n) is 4.03. The van der Waals surface area contributed by atoms with Gasteiger partial charge in [-0.25, -0.2) is 0 Å². The number of hydrogen-bond donors (Lipinski definition) is 4. The van der Waals surface area contributed by atoms with Crippen LogP contribution in [0.15, 0.2) is 18.2 Å². The summed E-state index contributed by atoms with van der Waals surface area (Å²) in [4.78, 5) is 22.3. The second-order valence-corrected chi connectivity index (χ2v) is 4.03. The van der Waals surface area contributed by atoms with Crippen LogP contribution >= 0.6 is 0 Å². The minimum absolute atomic E-state index is 0.244. The molecule has 0 fully saturated rings. The van der Waals surface area contributed by atoms with E-state index in [9.17, 15) is 9.59 Å². The van der Waals surface area contributed by atoms with Gasteiger partial charge in [-0.15, -0.1) is 0 Å². The Bertz CT molecular complexity index is 446. The van der Waals surface area contributed by atoms with E-state index in [1.165, 1.54) is 0 Å². The molecule has 0 heterocycles. The van der Waals surface area contributed by atoms with Crippen LogP contribution in [0.3, 0.4) is 0 Å². The van der Waals surface area contributed by atoms with Crippen molar-refractivity contribution in [1.82, 2.24) is 5.32 Å². The maximum atomic E-state index is 11.8. The van der Waals surface area contributed by atoms with Crippen molar-refractivity contribution in [3.05, 3.63) is 23.8 Å². The molecule has 0 aliphatic carbocycles. The van der Waals surface area contributed by atoms with Gasteiger partial charge in [-0.05, 0) is 31.0 Å². The average molecular weight is 250 g/mol. The maximum absolute atomic E-state index is 11.8. The van der Waals surface area contributed by atoms with E-state index in [2.05, 4.69) is 5.32 Å². The fourth-order valence-corrected chi connectivity index (χ4v) is 1.51. The predicted molar refractivity (Wildman–Crippen MR) is 70.6 cm³/mol. The van der Waals surface area contributed by atoms with E-state index in [0.29, 0.717) is 42.7 Å². The highest BCUT2D eigenvalue weighted by Gasteiger charge is 2.08. The minimum atomic E-state index is -0.330. The molecule has 7 N–H and O–H groups in total. The molecule has 1 aromatic rings. The maximum Gasteiger partial charge on any atom is 0.253 e. The van der Waals surface area contributed by atoms with Crippen molar-refractivity contribution in [2.24, 2.45) is 5.73 Å². The third kappa shape index (κ3) is 4.32. The third-order valence-electron chi connectivity index (χ3n) is 2.46. The van der Waals surface area contributed by atoms with Gasteiger partial charge in [0, 0.05) is 24.3 Å². The van der Waals surface area contributed by atoms with E-state index in [0.717, 1.165) is 0 Å². The fourth-order valence-electron chi connectivity index (χ4n) is 1.51. The van der Waals surface area contributed by atoms with Crippen LogP contribution in [0.25, 0.3) is 0 Å². The number of amides is 2. The summed E-state index contributed by atoms with van der Waals surface area (Å²) in [5.41, 5.74) is 17.5. The molecule has 1 aromatic carbocycles. The van der Waals surface area contributed by atoms with Crippen molar-refractivity contribution in [2.75, 3.05) is 18.0 Å². The number of benzene rings is 1. The van der Waals surface area contributed by atoms with E-state index in [-0.39, 0.29) is 11.8 Å². The Labute approximate surface area is 106 Å². The van der Waals surface area contributed by atoms with Crippen LogP contribution in [0.1, 0.15) is 29.6 Å². The summed E-state index contributed by atoms with van der Waals surface area (Å²) < 4.78 is 0. The standard InChI is InChI=1S/C12H18N4O2/c13-8-4-5-9(10(14)7-8)12(18)16-6-2-1-3-11(15)17/h4-5,7H,1-3,6,13-14H2,(H2,15,17)(H,16,18). The molecule has 0 spiro atoms. The molecule has 6 nitrogen and oxygen atoms in total. The van der Waals surface area contributed by atoms with Crippen LogP contribution in [-0.2, 0) is 4.79 Å². The molecule has 1 rings (SSSR count). The van der Waals surface area contributed by atoms with Crippen LogP contribution in [0, 0.1) is 0 Å². The number of nitrogens with one attached hydrogen (secondary N) is 1. The van der Waals surface area contributed by atoms with Gasteiger partial charge in [0.15, 0.2) is 0 Å². The van der Waals surface area contributed by atoms with Crippen molar-refractivity contribution >= 4 is 23.2 Å². The highest BCUT2D eigenvalue weighted by atomic mass is 16.2. The molecule has 0 atom stereocenters. The molecule has 0 aliphatic heterocycles. The first-order chi connectivity index (χ1) is 8.50. The Morgan fingerprint density at radius 3 is 2.50 bits per heavy atom. The number of nitrogens with two attached hydrogens (primary N) is 3. The van der Waals surface area contributed by atoms with Crippen LogP contribution in [0.4, 0.5) is 11.4 Å². The molecule has 18 heavy (non-hydrogen) atoms. The highest BCUT2D eigenvalue weighted by molar-refractivity contribution is 5.99. The first-order valence-electron chi connectivity index (χ1n) is 5.72. The van der Waals surface area contributed by atoms with Crippen LogP contribution < -0.4 is 22.5 Å². The molecular weight excluding hydrogens is 232 g/mol. The number of anilines is 2. The van der Waals surface area contributed by atoms with E-state index in [4.69, 9.17) is 17.2 Å². The summed E-state index contributed by atoms with van der Waals surface area (Å²) in [6, 6.07) is 4.75. The lowest BCUT2D eigenvalue weighted by Gasteiger charge is -2.07. The zero-order valence-electron chi connectivity index (χ0n) is 10.1. The Balaban J connectivity index is 2.39. The lowest BCUT2D eigenvalue weighted by atomic mass is 10.1. The van der Waals surface area contributed by atoms with Crippen molar-refractivity contribution in [1.29, 1.82) is 0 Å². The lowest BCUT2D eigenvalue weighted by Crippen LogP contribution is -2.25. The molecule has 6 heteroatoms. The molecule has 0 radical (unpaired) electrons. The number of hydrogen-bond acceptors (Lipinski definition) is 4. The molecule has 0 bridgehead atoms. The molecule has 98 valence electrons. The summed E-state index contributed by atoms with van der Waals surface area (Å²) in [7, 11) is 0. The Morgan fingerprint density at radius 1 is 1.17 bits per heavy atom. The topological polar surface area (TPSA) is 124 Å². The van der Waals surface area contributed by atoms with Gasteiger partial charge in [0.05, 0.1) is 5.56 Å². The summed E-state index contributed by atoms with van der Waals surface area (Å²) in [5, 5.41) is 2.72. The largest absolute Gasteiger partial charge is 0.399 e. The molecule has 0 saturated heterocycles. The molecule has 0 saturated carbocycles. The highest BCUT2D eigenvalue weighted by Crippen LogP contribution is 2.15. The molecular formula is C12H18N4O2. The van der Waals surface area contributed by atoms with Gasteiger partial charge in [-0.3, -0.25) is 9.59 Å². The Hall–Kier alpha value is -2.24. The van der Waals surface area contributed by atoms with Gasteiger partial charge >= 0.3 is 0 Å². The van der Waals surface area contributed by atoms with Gasteiger partial charge in [0.2, 0.25) is 5.91 Å². The van der Waals surface area contributed by atoms with Gasteiger partial charge < -0.3 is 22.5 Å². The van der Waals surface area contributed by atoms with Crippen molar-refractivity contribution < 1.29 is 9.59 Å². The first kappa shape index (κ1) is 13.8. The van der Waals surface area contributed by atoms with Crippen molar-refractivity contribution in [3.8, 4) is 0 Å². The molecule has 0 aliphatic rings. The predicted octanol–water partition coefficient (Wildman–Crippen LogP) is 0.236. The SMILES string of the molecule is NC(=O)CCCCNC(=O)c1ccc(N)cc1N. The molecule has 2 amide bonds. The lowest BCUT2D eigenvalue weighted by molar-refractivity contribution is -0.118. The smallest absolute Gasteiger partial charge is 0.253 e. The number of nitrogen functional groups attached to an aromatic ring is 2. The van der Waals surface area contributed by atoms with E-state index in [1.807, 2.05) is 0 Å². The van der Waals surface area contributed by atoms with Gasteiger partial charge in [0.25, 0.3) is 5.91 Å². The first-order valence-corrected chi connectivity index (χ1v) is 5.72. The Morgan fingerprint density at radius 2 is 1.89 bits per heavy atom. The summed E-state index contributed by atoms with van der Waals surface area (Å²) >= 11 is 0. The summed E-state index contributed by atoms with van der Waals surface area (Å²) in [5.74, 6) is -0.573. The van der Waals surface area contributed by atoms with Crippen molar-refractivity contribution in [3.63, 3.8) is 0 Å². The van der Waals surface area contributed by atoms with Gasteiger partial charge in [-0.2, -0.15) is 0 Å². The minimum Gasteiger partial charge on any atom is -0.399 e. The molecule has 0 unspecified atom stereocenters. The second kappa shape index (κ2) is 6.48. The summed E-state index contributed by atoms with van der Waals surface area (Å²) in [6.45, 7) is 0.482. The monoisotopic (exact) mass is 250 g/mol. The average Bonchev–Trinajstić information content (AvgIpc) is 2.27. The fraction of sp³-hybridized carbons (Fsp3) is 0.333. The van der Waals surface area contributed by atoms with Crippen LogP contribution in [0.2, 0.25) is 0 Å². The zero-order chi connectivity index (χ0) is 13.5. The summed E-state index contributed by atoms with van der Waals surface area (Å²) in [6.07, 6.45) is 1.69. The van der Waals surface area contributed by atoms with Crippen LogP contribution in [0.5, 0.6) is 0 Å². The third-order valence-corrected chi connectivity index (χ3v) is 2.46. The number of primary amides is 1. The number of carbonyl (C=O) groups is 2. The van der Waals surface area contributed by atoms with Gasteiger partial charge in [0.1, 0.15) is 0 Å². The van der Waals surface area contributed by atoms with Crippen molar-refractivity contribution in [2.45, 2.75) is 19.3 Å². The number of carbonyl (C=O) groups excluding carboxylic acids is 2. The molecule has 0 aromatic heterocycles. The van der Waals surface area contributed by atoms with E-state index in [1.54, 1.807) is 18.2 Å². The number of rotatable bonds is 6. The van der Waals surface area contributed by atoms with E-state index >= 15 is 0 Å². The number of unbranched alkanes of at least 4 members (excludes halogenated alkanes) is 1. The van der Waals surface area contributed by atoms with E-state index < -0.39 is 0 Å². The zero-order valence-corrected chi connectivity index (χ0v) is 10.1.